The zero-order valence-corrected chi connectivity index (χ0v) is 17.5. The molecule has 0 spiro atoms. The van der Waals surface area contributed by atoms with Crippen LogP contribution in [0.3, 0.4) is 0 Å². The number of alkyl halides is 3. The van der Waals surface area contributed by atoms with E-state index in [-0.39, 0.29) is 11.7 Å². The van der Waals surface area contributed by atoms with Crippen molar-refractivity contribution in [3.05, 3.63) is 41.7 Å². The van der Waals surface area contributed by atoms with Gasteiger partial charge in [-0.1, -0.05) is 6.42 Å². The van der Waals surface area contributed by atoms with E-state index in [1.165, 1.54) is 60.8 Å². The van der Waals surface area contributed by atoms with Crippen molar-refractivity contribution in [1.29, 1.82) is 0 Å². The molecule has 1 N–H and O–H groups in total. The summed E-state index contributed by atoms with van der Waals surface area (Å²) in [5.41, 5.74) is 1.65. The molecule has 2 fully saturated rings. The normalized spacial score (nSPS) is 22.1. The minimum atomic E-state index is -4.73. The Balaban J connectivity index is 1.40. The lowest BCUT2D eigenvalue weighted by atomic mass is 9.83. The van der Waals surface area contributed by atoms with Crippen molar-refractivity contribution >= 4 is 5.91 Å². The van der Waals surface area contributed by atoms with Gasteiger partial charge in [0.05, 0.1) is 23.1 Å². The average molecular weight is 436 g/mol. The number of hydrogen-bond donors (Lipinski definition) is 1. The highest BCUT2D eigenvalue weighted by atomic mass is 19.4. The summed E-state index contributed by atoms with van der Waals surface area (Å²) in [6, 6.07) is 5.96. The fourth-order valence-corrected chi connectivity index (χ4v) is 4.82. The zero-order valence-electron chi connectivity index (χ0n) is 17.5. The van der Waals surface area contributed by atoms with Crippen LogP contribution in [0.2, 0.25) is 0 Å². The number of piperidine rings is 2. The lowest BCUT2D eigenvalue weighted by molar-refractivity contribution is -0.274. The number of amides is 1. The van der Waals surface area contributed by atoms with Crippen molar-refractivity contribution in [2.45, 2.75) is 51.4 Å². The van der Waals surface area contributed by atoms with E-state index >= 15 is 0 Å². The van der Waals surface area contributed by atoms with E-state index in [4.69, 9.17) is 0 Å². The molecule has 0 aliphatic carbocycles. The van der Waals surface area contributed by atoms with Crippen LogP contribution in [0.1, 0.15) is 48.2 Å². The van der Waals surface area contributed by atoms with Gasteiger partial charge >= 0.3 is 6.36 Å². The van der Waals surface area contributed by atoms with Gasteiger partial charge in [-0.15, -0.1) is 13.2 Å². The lowest BCUT2D eigenvalue weighted by Gasteiger charge is -2.44. The van der Waals surface area contributed by atoms with Gasteiger partial charge in [0.1, 0.15) is 5.75 Å². The summed E-state index contributed by atoms with van der Waals surface area (Å²) in [6.45, 7) is 4.74. The van der Waals surface area contributed by atoms with Gasteiger partial charge < -0.3 is 15.0 Å². The number of halogens is 3. The first-order valence-corrected chi connectivity index (χ1v) is 10.7. The molecule has 2 aliphatic heterocycles. The van der Waals surface area contributed by atoms with Gasteiger partial charge in [-0.2, -0.15) is 5.10 Å². The Hall–Kier alpha value is -2.55. The number of rotatable bonds is 5. The summed E-state index contributed by atoms with van der Waals surface area (Å²) in [4.78, 5) is 15.4. The van der Waals surface area contributed by atoms with Crippen LogP contribution in [0.5, 0.6) is 5.75 Å². The first-order valence-electron chi connectivity index (χ1n) is 10.7. The molecule has 2 aromatic rings. The number of benzene rings is 1. The summed E-state index contributed by atoms with van der Waals surface area (Å²) >= 11 is 0. The Bertz CT molecular complexity index is 908. The maximum absolute atomic E-state index is 12.8. The molecule has 1 aromatic carbocycles. The fourth-order valence-electron chi connectivity index (χ4n) is 4.82. The molecule has 3 heterocycles. The van der Waals surface area contributed by atoms with Crippen molar-refractivity contribution in [2.75, 3.05) is 19.6 Å². The van der Waals surface area contributed by atoms with E-state index in [2.05, 4.69) is 20.1 Å². The Kier molecular flexibility index (Phi) is 6.22. The third-order valence-corrected chi connectivity index (χ3v) is 6.32. The quantitative estimate of drug-likeness (QED) is 0.768. The second-order valence-electron chi connectivity index (χ2n) is 8.31. The largest absolute Gasteiger partial charge is 0.573 e. The van der Waals surface area contributed by atoms with Crippen LogP contribution in [-0.4, -0.2) is 52.6 Å². The van der Waals surface area contributed by atoms with Crippen LogP contribution >= 0.6 is 0 Å². The van der Waals surface area contributed by atoms with Crippen molar-refractivity contribution in [3.8, 4) is 11.4 Å². The average Bonchev–Trinajstić information content (AvgIpc) is 3.13. The SMILES string of the molecule is Cc1c(C(=O)NC[C@@H]2CCCN3CCCC[C@@H]23)cnn1-c1ccc(OC(F)(F)F)cc1. The van der Waals surface area contributed by atoms with E-state index < -0.39 is 6.36 Å². The van der Waals surface area contributed by atoms with Crippen LogP contribution in [0.4, 0.5) is 13.2 Å². The smallest absolute Gasteiger partial charge is 0.406 e. The van der Waals surface area contributed by atoms with Crippen LogP contribution in [0.15, 0.2) is 30.5 Å². The molecule has 2 atom stereocenters. The second kappa shape index (κ2) is 8.90. The first-order chi connectivity index (χ1) is 14.8. The lowest BCUT2D eigenvalue weighted by Crippen LogP contribution is -2.51. The minimum absolute atomic E-state index is 0.172. The number of nitrogens with zero attached hydrogens (tertiary/aromatic N) is 3. The van der Waals surface area contributed by atoms with Crippen LogP contribution < -0.4 is 10.1 Å². The summed E-state index contributed by atoms with van der Waals surface area (Å²) in [6.07, 6.45) is 2.78. The maximum atomic E-state index is 12.8. The summed E-state index contributed by atoms with van der Waals surface area (Å²) < 4.78 is 42.4. The highest BCUT2D eigenvalue weighted by Crippen LogP contribution is 2.30. The molecule has 0 radical (unpaired) electrons. The van der Waals surface area contributed by atoms with Gasteiger partial charge in [-0.3, -0.25) is 4.79 Å². The number of nitrogens with one attached hydrogen (secondary N) is 1. The topological polar surface area (TPSA) is 59.4 Å². The minimum Gasteiger partial charge on any atom is -0.406 e. The Morgan fingerprint density at radius 3 is 2.65 bits per heavy atom. The van der Waals surface area contributed by atoms with E-state index in [0.717, 1.165) is 19.5 Å². The zero-order chi connectivity index (χ0) is 22.0. The van der Waals surface area contributed by atoms with E-state index in [1.54, 1.807) is 6.92 Å². The van der Waals surface area contributed by atoms with Gasteiger partial charge in [0.15, 0.2) is 0 Å². The Morgan fingerprint density at radius 2 is 1.90 bits per heavy atom. The summed E-state index contributed by atoms with van der Waals surface area (Å²) in [5.74, 6) is -0.00787. The third-order valence-electron chi connectivity index (χ3n) is 6.32. The second-order valence-corrected chi connectivity index (χ2v) is 8.31. The fraction of sp³-hybridized carbons (Fsp3) is 0.545. The number of hydrogen-bond acceptors (Lipinski definition) is 4. The number of carbonyl (C=O) groups excluding carboxylic acids is 1. The molecule has 0 saturated carbocycles. The van der Waals surface area contributed by atoms with Crippen molar-refractivity contribution in [1.82, 2.24) is 20.0 Å². The van der Waals surface area contributed by atoms with Gasteiger partial charge in [0.25, 0.3) is 5.91 Å². The van der Waals surface area contributed by atoms with Gasteiger partial charge in [-0.25, -0.2) is 4.68 Å². The molecule has 0 bridgehead atoms. The first kappa shape index (κ1) is 21.7. The number of aromatic nitrogens is 2. The van der Waals surface area contributed by atoms with E-state index in [0.29, 0.717) is 35.4 Å². The van der Waals surface area contributed by atoms with Crippen molar-refractivity contribution in [2.24, 2.45) is 5.92 Å². The molecule has 1 amide bonds. The Morgan fingerprint density at radius 1 is 1.16 bits per heavy atom. The maximum Gasteiger partial charge on any atom is 0.573 e. The van der Waals surface area contributed by atoms with Crippen LogP contribution in [-0.2, 0) is 0 Å². The molecule has 168 valence electrons. The van der Waals surface area contributed by atoms with E-state index in [9.17, 15) is 18.0 Å². The number of ether oxygens (including phenoxy) is 1. The summed E-state index contributed by atoms with van der Waals surface area (Å²) in [5, 5.41) is 7.33. The van der Waals surface area contributed by atoms with E-state index in [1.807, 2.05) is 0 Å². The molecule has 2 aliphatic rings. The number of carbonyl (C=O) groups is 1. The molecule has 2 saturated heterocycles. The molecular formula is C22H27F3N4O2. The van der Waals surface area contributed by atoms with Crippen molar-refractivity contribution in [3.63, 3.8) is 0 Å². The van der Waals surface area contributed by atoms with Crippen LogP contribution in [0.25, 0.3) is 5.69 Å². The van der Waals surface area contributed by atoms with Crippen molar-refractivity contribution < 1.29 is 22.7 Å². The summed E-state index contributed by atoms with van der Waals surface area (Å²) in [7, 11) is 0. The molecule has 1 aromatic heterocycles. The third kappa shape index (κ3) is 5.03. The highest BCUT2D eigenvalue weighted by molar-refractivity contribution is 5.95. The Labute approximate surface area is 179 Å². The molecule has 4 rings (SSSR count). The molecule has 6 nitrogen and oxygen atoms in total. The molecular weight excluding hydrogens is 409 g/mol. The highest BCUT2D eigenvalue weighted by Gasteiger charge is 2.33. The van der Waals surface area contributed by atoms with Gasteiger partial charge in [0, 0.05) is 12.6 Å². The van der Waals surface area contributed by atoms with Gasteiger partial charge in [-0.05, 0) is 75.9 Å². The predicted molar refractivity (Wildman–Crippen MR) is 109 cm³/mol. The standard InChI is InChI=1S/C22H27F3N4O2/c1-15-19(14-27-29(15)17-7-9-18(10-8-17)31-22(23,24)25)21(30)26-13-16-5-4-12-28-11-3-2-6-20(16)28/h7-10,14,16,20H,2-6,11-13H2,1H3,(H,26,30)/t16-,20-/m0/s1. The molecule has 9 heteroatoms. The molecule has 31 heavy (non-hydrogen) atoms. The van der Waals surface area contributed by atoms with Gasteiger partial charge in [0.2, 0.25) is 0 Å². The monoisotopic (exact) mass is 436 g/mol. The molecule has 0 unspecified atom stereocenters. The number of fused-ring (bicyclic) bond motifs is 1. The van der Waals surface area contributed by atoms with Crippen LogP contribution in [0, 0.1) is 12.8 Å². The predicted octanol–water partition coefficient (Wildman–Crippen LogP) is 4.07.